The molecule has 1 fully saturated rings. The Morgan fingerprint density at radius 2 is 2.15 bits per heavy atom. The number of carbonyl (C=O) groups is 1. The minimum atomic E-state index is -0.739. The highest BCUT2D eigenvalue weighted by atomic mass is 16.5. The number of fused-ring (bicyclic) bond motifs is 1. The summed E-state index contributed by atoms with van der Waals surface area (Å²) in [4.78, 5) is 11.8. The molecule has 3 N–H and O–H groups in total. The summed E-state index contributed by atoms with van der Waals surface area (Å²) in [5, 5.41) is 24.3. The Bertz CT molecular complexity index is 731. The number of methoxy groups -OCH3 is 1. The van der Waals surface area contributed by atoms with Crippen molar-refractivity contribution >= 4 is 5.91 Å². The van der Waals surface area contributed by atoms with Gasteiger partial charge < -0.3 is 25.0 Å². The maximum atomic E-state index is 11.8. The summed E-state index contributed by atoms with van der Waals surface area (Å²) in [5.74, 6) is 0.229. The highest BCUT2D eigenvalue weighted by Crippen LogP contribution is 2.48. The van der Waals surface area contributed by atoms with Gasteiger partial charge in [0.15, 0.2) is 11.5 Å². The predicted molar refractivity (Wildman–Crippen MR) is 97.0 cm³/mol. The number of phenolic OH excluding ortho intramolecular Hbond substituents is 1. The molecule has 1 aliphatic heterocycles. The number of para-hydroxylation sites is 1. The van der Waals surface area contributed by atoms with Crippen molar-refractivity contribution in [2.24, 2.45) is 5.92 Å². The number of allylic oxidation sites excluding steroid dienone is 1. The van der Waals surface area contributed by atoms with E-state index >= 15 is 0 Å². The quantitative estimate of drug-likeness (QED) is 0.720. The zero-order valence-corrected chi connectivity index (χ0v) is 15.7. The van der Waals surface area contributed by atoms with Gasteiger partial charge in [-0.15, -0.1) is 0 Å². The van der Waals surface area contributed by atoms with Crippen molar-refractivity contribution in [3.63, 3.8) is 0 Å². The van der Waals surface area contributed by atoms with Crippen molar-refractivity contribution in [3.05, 3.63) is 35.4 Å². The average Bonchev–Trinajstić information content (AvgIpc) is 2.57. The van der Waals surface area contributed by atoms with Crippen LogP contribution in [0.2, 0.25) is 0 Å². The van der Waals surface area contributed by atoms with Gasteiger partial charge in [-0.3, -0.25) is 4.79 Å². The van der Waals surface area contributed by atoms with Crippen LogP contribution in [0.15, 0.2) is 29.8 Å². The number of carbonyl (C=O) groups excluding carboxylic acids is 1. The van der Waals surface area contributed by atoms with E-state index in [2.05, 4.69) is 5.32 Å². The van der Waals surface area contributed by atoms with Gasteiger partial charge in [-0.25, -0.2) is 0 Å². The van der Waals surface area contributed by atoms with Gasteiger partial charge in [0.05, 0.1) is 19.3 Å². The number of hydrogen-bond donors (Lipinski definition) is 3. The van der Waals surface area contributed by atoms with Crippen LogP contribution >= 0.6 is 0 Å². The van der Waals surface area contributed by atoms with E-state index in [1.54, 1.807) is 18.2 Å². The third-order valence-corrected chi connectivity index (χ3v) is 5.68. The fourth-order valence-electron chi connectivity index (χ4n) is 4.31. The van der Waals surface area contributed by atoms with E-state index in [0.717, 1.165) is 12.0 Å². The molecule has 1 aromatic rings. The van der Waals surface area contributed by atoms with Crippen LogP contribution in [0, 0.1) is 5.92 Å². The van der Waals surface area contributed by atoms with E-state index in [9.17, 15) is 15.0 Å². The molecule has 0 saturated carbocycles. The van der Waals surface area contributed by atoms with Crippen molar-refractivity contribution in [1.29, 1.82) is 0 Å². The van der Waals surface area contributed by atoms with Crippen LogP contribution in [0.5, 0.6) is 11.5 Å². The Morgan fingerprint density at radius 1 is 1.42 bits per heavy atom. The maximum Gasteiger partial charge on any atom is 0.217 e. The first-order valence-corrected chi connectivity index (χ1v) is 8.91. The van der Waals surface area contributed by atoms with Crippen LogP contribution in [0.25, 0.3) is 0 Å². The minimum Gasteiger partial charge on any atom is -0.504 e. The molecular formula is C20H27NO5. The average molecular weight is 361 g/mol. The monoisotopic (exact) mass is 361 g/mol. The molecule has 3 rings (SSSR count). The molecule has 0 radical (unpaired) electrons. The Hall–Kier alpha value is -2.05. The van der Waals surface area contributed by atoms with E-state index < -0.39 is 23.9 Å². The van der Waals surface area contributed by atoms with Crippen LogP contribution in [0.3, 0.4) is 0 Å². The fourth-order valence-corrected chi connectivity index (χ4v) is 4.31. The van der Waals surface area contributed by atoms with E-state index in [1.807, 2.05) is 19.9 Å². The lowest BCUT2D eigenvalue weighted by atomic mass is 9.68. The second-order valence-electron chi connectivity index (χ2n) is 7.53. The standard InChI is InChI=1S/C20H27NO5/c1-11-8-9-14-19(17(11)23)26-16(10-20(14,3)21-12(2)22)13-6-5-7-15(25-4)18(13)24/h5-8,14,16-17,19,23-24H,9-10H2,1-4H3,(H,21,22)/t14-,16+,17-,19-,20-/m1/s1. The molecule has 0 spiro atoms. The molecule has 26 heavy (non-hydrogen) atoms. The molecule has 5 atom stereocenters. The highest BCUT2D eigenvalue weighted by Gasteiger charge is 2.51. The lowest BCUT2D eigenvalue weighted by Crippen LogP contribution is -2.62. The summed E-state index contributed by atoms with van der Waals surface area (Å²) in [6.07, 6.45) is 1.57. The second-order valence-corrected chi connectivity index (χ2v) is 7.53. The predicted octanol–water partition coefficient (Wildman–Crippen LogP) is 2.45. The Morgan fingerprint density at radius 3 is 2.81 bits per heavy atom. The van der Waals surface area contributed by atoms with Crippen LogP contribution in [0.4, 0.5) is 0 Å². The molecule has 1 aromatic carbocycles. The van der Waals surface area contributed by atoms with Crippen molar-refractivity contribution in [3.8, 4) is 11.5 Å². The molecule has 2 aliphatic rings. The van der Waals surface area contributed by atoms with Gasteiger partial charge in [-0.2, -0.15) is 0 Å². The van der Waals surface area contributed by atoms with Crippen molar-refractivity contribution in [2.75, 3.05) is 7.11 Å². The lowest BCUT2D eigenvalue weighted by Gasteiger charge is -2.52. The number of ether oxygens (including phenoxy) is 2. The first-order valence-electron chi connectivity index (χ1n) is 8.91. The van der Waals surface area contributed by atoms with Gasteiger partial charge in [-0.1, -0.05) is 18.2 Å². The first kappa shape index (κ1) is 18.7. The van der Waals surface area contributed by atoms with Gasteiger partial charge in [0, 0.05) is 30.4 Å². The van der Waals surface area contributed by atoms with Crippen LogP contribution in [-0.4, -0.2) is 41.0 Å². The van der Waals surface area contributed by atoms with Gasteiger partial charge in [-0.05, 0) is 31.9 Å². The summed E-state index contributed by atoms with van der Waals surface area (Å²) >= 11 is 0. The molecule has 0 aromatic heterocycles. The third kappa shape index (κ3) is 3.19. The minimum absolute atomic E-state index is 0.0289. The van der Waals surface area contributed by atoms with Crippen LogP contribution in [0.1, 0.15) is 45.3 Å². The second kappa shape index (κ2) is 6.93. The zero-order chi connectivity index (χ0) is 19.1. The number of rotatable bonds is 3. The van der Waals surface area contributed by atoms with E-state index in [0.29, 0.717) is 17.7 Å². The molecule has 142 valence electrons. The normalized spacial score (nSPS) is 33.8. The van der Waals surface area contributed by atoms with Gasteiger partial charge >= 0.3 is 0 Å². The summed E-state index contributed by atoms with van der Waals surface area (Å²) < 4.78 is 11.5. The van der Waals surface area contributed by atoms with Crippen molar-refractivity contribution < 1.29 is 24.5 Å². The SMILES string of the molecule is COc1cccc([C@@H]2C[C@@](C)(NC(C)=O)[C@@H]3CC=C(C)[C@@H](O)[C@@H]3O2)c1O. The van der Waals surface area contributed by atoms with E-state index in [1.165, 1.54) is 14.0 Å². The van der Waals surface area contributed by atoms with E-state index in [-0.39, 0.29) is 17.6 Å². The maximum absolute atomic E-state index is 11.8. The molecule has 1 heterocycles. The number of aliphatic hydroxyl groups is 1. The number of hydrogen-bond acceptors (Lipinski definition) is 5. The van der Waals surface area contributed by atoms with E-state index in [4.69, 9.17) is 9.47 Å². The summed E-state index contributed by atoms with van der Waals surface area (Å²) in [6, 6.07) is 5.26. The van der Waals surface area contributed by atoms with Crippen molar-refractivity contribution in [2.45, 2.75) is 57.5 Å². The van der Waals surface area contributed by atoms with Gasteiger partial charge in [0.2, 0.25) is 5.91 Å². The van der Waals surface area contributed by atoms with Gasteiger partial charge in [0.25, 0.3) is 0 Å². The van der Waals surface area contributed by atoms with Crippen molar-refractivity contribution in [1.82, 2.24) is 5.32 Å². The van der Waals surface area contributed by atoms with Crippen LogP contribution in [-0.2, 0) is 9.53 Å². The summed E-state index contributed by atoms with van der Waals surface area (Å²) in [7, 11) is 1.50. The molecule has 6 nitrogen and oxygen atoms in total. The number of benzene rings is 1. The Kier molecular flexibility index (Phi) is 4.99. The first-order chi connectivity index (χ1) is 12.3. The lowest BCUT2D eigenvalue weighted by molar-refractivity contribution is -0.165. The van der Waals surface area contributed by atoms with Gasteiger partial charge in [0.1, 0.15) is 6.10 Å². The smallest absolute Gasteiger partial charge is 0.217 e. The summed E-state index contributed by atoms with van der Waals surface area (Å²) in [6.45, 7) is 5.36. The molecule has 1 saturated heterocycles. The fraction of sp³-hybridized carbons (Fsp3) is 0.550. The number of aliphatic hydroxyl groups excluding tert-OH is 1. The Balaban J connectivity index is 2.02. The molecular weight excluding hydrogens is 334 g/mol. The zero-order valence-electron chi connectivity index (χ0n) is 15.7. The largest absolute Gasteiger partial charge is 0.504 e. The highest BCUT2D eigenvalue weighted by molar-refractivity contribution is 5.74. The molecule has 0 bridgehead atoms. The topological polar surface area (TPSA) is 88.0 Å². The number of phenols is 1. The number of amides is 1. The molecule has 1 amide bonds. The Labute approximate surface area is 153 Å². The number of aromatic hydroxyl groups is 1. The third-order valence-electron chi connectivity index (χ3n) is 5.68. The molecule has 1 aliphatic carbocycles. The number of nitrogens with one attached hydrogen (secondary N) is 1. The summed E-state index contributed by atoms with van der Waals surface area (Å²) in [5.41, 5.74) is 0.901. The van der Waals surface area contributed by atoms with Crippen LogP contribution < -0.4 is 10.1 Å². The molecule has 6 heteroatoms. The molecule has 0 unspecified atom stereocenters.